The maximum atomic E-state index is 13.0. The van der Waals surface area contributed by atoms with Crippen LogP contribution >= 0.6 is 11.3 Å². The molecular weight excluding hydrogens is 419 g/mol. The molecule has 0 aromatic carbocycles. The van der Waals surface area contributed by atoms with E-state index in [1.54, 1.807) is 12.3 Å². The number of carboxylic acid groups (broad SMARTS) is 1. The van der Waals surface area contributed by atoms with E-state index in [0.29, 0.717) is 41.6 Å². The number of nitrogens with one attached hydrogen (secondary N) is 1. The summed E-state index contributed by atoms with van der Waals surface area (Å²) in [7, 11) is 0. The van der Waals surface area contributed by atoms with Crippen LogP contribution < -0.4 is 5.32 Å². The van der Waals surface area contributed by atoms with E-state index in [0.717, 1.165) is 11.1 Å². The first-order chi connectivity index (χ1) is 14.7. The minimum absolute atomic E-state index is 0.329. The Bertz CT molecular complexity index is 1100. The van der Waals surface area contributed by atoms with Crippen molar-refractivity contribution < 1.29 is 19.4 Å². The normalized spacial score (nSPS) is 22.8. The molecule has 0 amide bonds. The molecule has 0 aliphatic heterocycles. The number of nitrogens with zero attached hydrogens (tertiary/aromatic N) is 3. The second-order valence-corrected chi connectivity index (χ2v) is 9.58. The average Bonchev–Trinajstić information content (AvgIpc) is 3.20. The van der Waals surface area contributed by atoms with E-state index >= 15 is 0 Å². The summed E-state index contributed by atoms with van der Waals surface area (Å²) in [6.45, 7) is 3.76. The Morgan fingerprint density at radius 1 is 1.19 bits per heavy atom. The zero-order valence-electron chi connectivity index (χ0n) is 17.2. The third-order valence-electron chi connectivity index (χ3n) is 5.72. The fourth-order valence-corrected chi connectivity index (χ4v) is 5.21. The molecule has 31 heavy (non-hydrogen) atoms. The van der Waals surface area contributed by atoms with Gasteiger partial charge in [-0.25, -0.2) is 19.3 Å². The number of hydrogen-bond donors (Lipinski definition) is 3. The third-order valence-corrected chi connectivity index (χ3v) is 6.94. The first-order valence-electron chi connectivity index (χ1n) is 9.94. The van der Waals surface area contributed by atoms with Gasteiger partial charge in [0.1, 0.15) is 28.1 Å². The van der Waals surface area contributed by atoms with Crippen LogP contribution in [0.25, 0.3) is 10.6 Å². The van der Waals surface area contributed by atoms with Crippen LogP contribution in [0.15, 0.2) is 42.7 Å². The first kappa shape index (κ1) is 21.3. The molecule has 1 aliphatic carbocycles. The summed E-state index contributed by atoms with van der Waals surface area (Å²) in [6.07, 6.45) is 3.89. The van der Waals surface area contributed by atoms with Crippen molar-refractivity contribution >= 4 is 28.9 Å². The molecule has 3 aromatic heterocycles. The zero-order chi connectivity index (χ0) is 22.2. The Morgan fingerprint density at radius 2 is 2.00 bits per heavy atom. The number of thiazole rings is 1. The molecule has 1 saturated carbocycles. The molecule has 0 saturated heterocycles. The second-order valence-electron chi connectivity index (χ2n) is 8.55. The highest BCUT2D eigenvalue weighted by Gasteiger charge is 2.49. The molecule has 1 aliphatic rings. The highest BCUT2D eigenvalue weighted by atomic mass is 32.1. The lowest BCUT2D eigenvalue weighted by Crippen LogP contribution is -2.44. The van der Waals surface area contributed by atoms with Crippen molar-refractivity contribution in [1.29, 1.82) is 0 Å². The average molecular weight is 443 g/mol. The summed E-state index contributed by atoms with van der Waals surface area (Å²) in [4.78, 5) is 25.3. The predicted molar refractivity (Wildman–Crippen MR) is 115 cm³/mol. The summed E-state index contributed by atoms with van der Waals surface area (Å²) in [5.41, 5.74) is -1.03. The van der Waals surface area contributed by atoms with Crippen LogP contribution in [0.5, 0.6) is 0 Å². The molecule has 3 N–H and O–H groups in total. The number of carboxylic acids is 1. The van der Waals surface area contributed by atoms with E-state index in [-0.39, 0.29) is 0 Å². The van der Waals surface area contributed by atoms with Crippen molar-refractivity contribution in [3.8, 4) is 10.6 Å². The Hall–Kier alpha value is -2.91. The van der Waals surface area contributed by atoms with Gasteiger partial charge >= 0.3 is 5.97 Å². The van der Waals surface area contributed by atoms with Gasteiger partial charge in [-0.1, -0.05) is 19.9 Å². The SMILES string of the molecule is CC1(C)C[C@](O)(c2ncc(-c3cccc(Nc4ccc(F)cn4)n3)s2)CC[C@H]1C(=O)O. The number of rotatable bonds is 5. The molecule has 2 atom stereocenters. The highest BCUT2D eigenvalue weighted by molar-refractivity contribution is 7.15. The maximum Gasteiger partial charge on any atom is 0.307 e. The van der Waals surface area contributed by atoms with E-state index in [2.05, 4.69) is 20.3 Å². The smallest absolute Gasteiger partial charge is 0.307 e. The van der Waals surface area contributed by atoms with Crippen molar-refractivity contribution in [3.05, 3.63) is 53.6 Å². The molecule has 162 valence electrons. The molecule has 3 heterocycles. The van der Waals surface area contributed by atoms with Crippen molar-refractivity contribution in [2.75, 3.05) is 5.32 Å². The van der Waals surface area contributed by atoms with Crippen LogP contribution in [0.3, 0.4) is 0 Å². The van der Waals surface area contributed by atoms with Gasteiger partial charge in [-0.2, -0.15) is 0 Å². The number of pyridine rings is 2. The lowest BCUT2D eigenvalue weighted by molar-refractivity contribution is -0.154. The summed E-state index contributed by atoms with van der Waals surface area (Å²) in [5.74, 6) is -0.702. The summed E-state index contributed by atoms with van der Waals surface area (Å²) >= 11 is 1.35. The summed E-state index contributed by atoms with van der Waals surface area (Å²) in [6, 6.07) is 8.30. The van der Waals surface area contributed by atoms with Gasteiger partial charge in [0.05, 0.1) is 22.7 Å². The molecule has 1 fully saturated rings. The van der Waals surface area contributed by atoms with E-state index in [1.807, 2.05) is 26.0 Å². The first-order valence-corrected chi connectivity index (χ1v) is 10.8. The zero-order valence-corrected chi connectivity index (χ0v) is 18.0. The van der Waals surface area contributed by atoms with Crippen LogP contribution in [0, 0.1) is 17.2 Å². The van der Waals surface area contributed by atoms with Gasteiger partial charge in [0.15, 0.2) is 0 Å². The third kappa shape index (κ3) is 4.42. The molecule has 4 rings (SSSR count). The van der Waals surface area contributed by atoms with Crippen molar-refractivity contribution in [2.24, 2.45) is 11.3 Å². The fourth-order valence-electron chi connectivity index (χ4n) is 4.21. The number of aromatic nitrogens is 3. The summed E-state index contributed by atoms with van der Waals surface area (Å²) < 4.78 is 13.0. The number of carbonyl (C=O) groups is 1. The van der Waals surface area contributed by atoms with Crippen LogP contribution in [-0.2, 0) is 10.4 Å². The number of hydrogen-bond acceptors (Lipinski definition) is 7. The summed E-state index contributed by atoms with van der Waals surface area (Å²) in [5, 5.41) is 24.4. The molecule has 3 aromatic rings. The van der Waals surface area contributed by atoms with Crippen molar-refractivity contribution in [1.82, 2.24) is 15.0 Å². The molecule has 7 nitrogen and oxygen atoms in total. The van der Waals surface area contributed by atoms with Gasteiger partial charge in [-0.3, -0.25) is 4.79 Å². The molecule has 0 radical (unpaired) electrons. The van der Waals surface area contributed by atoms with Gasteiger partial charge in [0.25, 0.3) is 0 Å². The van der Waals surface area contributed by atoms with E-state index in [9.17, 15) is 19.4 Å². The lowest BCUT2D eigenvalue weighted by atomic mass is 9.63. The lowest BCUT2D eigenvalue weighted by Gasteiger charge is -2.44. The van der Waals surface area contributed by atoms with Crippen molar-refractivity contribution in [3.63, 3.8) is 0 Å². The van der Waals surface area contributed by atoms with E-state index < -0.39 is 28.7 Å². The monoisotopic (exact) mass is 442 g/mol. The number of aliphatic carboxylic acids is 1. The Labute approximate surface area is 183 Å². The second kappa shape index (κ2) is 7.97. The number of halogens is 1. The molecular formula is C22H23FN4O3S. The Morgan fingerprint density at radius 3 is 2.68 bits per heavy atom. The molecule has 0 bridgehead atoms. The van der Waals surface area contributed by atoms with Gasteiger partial charge in [0.2, 0.25) is 0 Å². The fraction of sp³-hybridized carbons (Fsp3) is 0.364. The standard InChI is InChI=1S/C22H23FN4O3S/c1-21(2)12-22(30,9-8-14(21)19(28)29)20-25-11-16(31-20)15-4-3-5-18(26-15)27-17-7-6-13(23)10-24-17/h3-7,10-11,14,30H,8-9,12H2,1-2H3,(H,28,29)(H,24,26,27)/t14-,22-/m0/s1. The molecule has 9 heteroatoms. The molecule has 0 spiro atoms. The number of aliphatic hydroxyl groups is 1. The maximum absolute atomic E-state index is 13.0. The van der Waals surface area contributed by atoms with Crippen LogP contribution in [0.4, 0.5) is 16.0 Å². The predicted octanol–water partition coefficient (Wildman–Crippen LogP) is 4.58. The minimum Gasteiger partial charge on any atom is -0.481 e. The van der Waals surface area contributed by atoms with Gasteiger partial charge in [0, 0.05) is 6.20 Å². The minimum atomic E-state index is -1.16. The van der Waals surface area contributed by atoms with E-state index in [4.69, 9.17) is 0 Å². The Kier molecular flexibility index (Phi) is 5.49. The Balaban J connectivity index is 1.55. The van der Waals surface area contributed by atoms with Crippen molar-refractivity contribution in [2.45, 2.75) is 38.7 Å². The van der Waals surface area contributed by atoms with E-state index in [1.165, 1.54) is 23.5 Å². The van der Waals surface area contributed by atoms with Crippen LogP contribution in [0.2, 0.25) is 0 Å². The van der Waals surface area contributed by atoms with Crippen LogP contribution in [-0.4, -0.2) is 31.1 Å². The van der Waals surface area contributed by atoms with Gasteiger partial charge in [-0.05, 0) is 48.9 Å². The topological polar surface area (TPSA) is 108 Å². The van der Waals surface area contributed by atoms with Gasteiger partial charge < -0.3 is 15.5 Å². The van der Waals surface area contributed by atoms with Crippen LogP contribution in [0.1, 0.15) is 38.1 Å². The number of anilines is 2. The largest absolute Gasteiger partial charge is 0.481 e. The molecule has 0 unspecified atom stereocenters. The quantitative estimate of drug-likeness (QED) is 0.531. The van der Waals surface area contributed by atoms with Gasteiger partial charge in [-0.15, -0.1) is 11.3 Å². The highest BCUT2D eigenvalue weighted by Crippen LogP contribution is 2.50.